The highest BCUT2D eigenvalue weighted by molar-refractivity contribution is 6.43. The average Bonchev–Trinajstić information content (AvgIpc) is 2.93. The van der Waals surface area contributed by atoms with Gasteiger partial charge in [0.15, 0.2) is 0 Å². The van der Waals surface area contributed by atoms with Gasteiger partial charge in [0.05, 0.1) is 39.0 Å². The first kappa shape index (κ1) is 23.8. The number of imide groups is 1. The van der Waals surface area contributed by atoms with Crippen LogP contribution < -0.4 is 10.1 Å². The zero-order valence-electron chi connectivity index (χ0n) is 16.4. The summed E-state index contributed by atoms with van der Waals surface area (Å²) >= 11 is 11.8. The van der Waals surface area contributed by atoms with Gasteiger partial charge in [-0.25, -0.2) is 0 Å². The summed E-state index contributed by atoms with van der Waals surface area (Å²) in [4.78, 5) is 38.2. The molecule has 0 atom stereocenters. The number of fused-ring (bicyclic) bond motifs is 1. The molecule has 0 aliphatic carbocycles. The van der Waals surface area contributed by atoms with Crippen molar-refractivity contribution in [1.29, 1.82) is 0 Å². The first-order valence-corrected chi connectivity index (χ1v) is 9.76. The van der Waals surface area contributed by atoms with Gasteiger partial charge in [0, 0.05) is 7.11 Å². The predicted octanol–water partition coefficient (Wildman–Crippen LogP) is 4.27. The number of benzene rings is 2. The van der Waals surface area contributed by atoms with E-state index in [2.05, 4.69) is 5.32 Å². The van der Waals surface area contributed by atoms with E-state index < -0.39 is 36.0 Å². The summed E-state index contributed by atoms with van der Waals surface area (Å²) in [6, 6.07) is 4.98. The molecule has 0 spiro atoms. The van der Waals surface area contributed by atoms with Crippen molar-refractivity contribution >= 4 is 46.6 Å². The molecule has 1 aliphatic rings. The number of anilines is 1. The minimum absolute atomic E-state index is 0.0185. The van der Waals surface area contributed by atoms with E-state index in [4.69, 9.17) is 32.7 Å². The highest BCUT2D eigenvalue weighted by Gasteiger charge is 2.38. The molecule has 0 saturated carbocycles. The summed E-state index contributed by atoms with van der Waals surface area (Å²) < 4.78 is 49.5. The number of carbonyl (C=O) groups excluding carboxylic acids is 3. The van der Waals surface area contributed by atoms with Gasteiger partial charge in [0.25, 0.3) is 11.8 Å². The van der Waals surface area contributed by atoms with Gasteiger partial charge >= 0.3 is 6.18 Å². The molecule has 0 aromatic heterocycles. The second-order valence-electron chi connectivity index (χ2n) is 6.61. The molecule has 2 aromatic rings. The van der Waals surface area contributed by atoms with Crippen molar-refractivity contribution in [1.82, 2.24) is 4.90 Å². The maximum absolute atomic E-state index is 13.1. The molecule has 1 heterocycles. The second-order valence-corrected chi connectivity index (χ2v) is 7.42. The van der Waals surface area contributed by atoms with Crippen LogP contribution in [0.25, 0.3) is 0 Å². The molecular formula is C20H15Cl2F3N2O5. The number of hydrogen-bond acceptors (Lipinski definition) is 5. The van der Waals surface area contributed by atoms with E-state index in [9.17, 15) is 27.6 Å². The van der Waals surface area contributed by atoms with E-state index >= 15 is 0 Å². The molecule has 2 aromatic carbocycles. The average molecular weight is 491 g/mol. The fourth-order valence-electron chi connectivity index (χ4n) is 2.93. The topological polar surface area (TPSA) is 84.9 Å². The van der Waals surface area contributed by atoms with E-state index in [1.807, 2.05) is 0 Å². The first-order valence-electron chi connectivity index (χ1n) is 9.01. The van der Waals surface area contributed by atoms with Crippen molar-refractivity contribution in [3.63, 3.8) is 0 Å². The van der Waals surface area contributed by atoms with Crippen molar-refractivity contribution in [3.8, 4) is 5.75 Å². The second kappa shape index (κ2) is 9.35. The number of halogens is 5. The summed E-state index contributed by atoms with van der Waals surface area (Å²) in [7, 11) is 1.42. The van der Waals surface area contributed by atoms with Crippen LogP contribution in [0.4, 0.5) is 18.9 Å². The number of hydrogen-bond donors (Lipinski definition) is 1. The Morgan fingerprint density at radius 3 is 2.16 bits per heavy atom. The summed E-state index contributed by atoms with van der Waals surface area (Å²) in [5.41, 5.74) is -1.35. The fraction of sp³-hybridized carbons (Fsp3) is 0.250. The molecule has 0 saturated heterocycles. The molecule has 170 valence electrons. The largest absolute Gasteiger partial charge is 0.489 e. The number of nitrogens with one attached hydrogen (secondary N) is 1. The Kier molecular flexibility index (Phi) is 6.97. The monoisotopic (exact) mass is 490 g/mol. The normalized spacial score (nSPS) is 13.4. The van der Waals surface area contributed by atoms with Crippen molar-refractivity contribution in [2.45, 2.75) is 6.18 Å². The third kappa shape index (κ3) is 4.98. The number of alkyl halides is 3. The van der Waals surface area contributed by atoms with Crippen LogP contribution in [0.5, 0.6) is 5.75 Å². The lowest BCUT2D eigenvalue weighted by molar-refractivity contribution is -0.137. The van der Waals surface area contributed by atoms with Crippen LogP contribution in [-0.4, -0.2) is 49.5 Å². The van der Waals surface area contributed by atoms with Gasteiger partial charge in [-0.3, -0.25) is 19.3 Å². The number of rotatable bonds is 7. The van der Waals surface area contributed by atoms with E-state index in [-0.39, 0.29) is 45.8 Å². The SMILES string of the molecule is COCCOc1ccc(C(F)(F)F)cc1NC(=O)CN1C(=O)c2cc(Cl)c(Cl)cc2C1=O. The summed E-state index contributed by atoms with van der Waals surface area (Å²) in [6.45, 7) is -0.561. The van der Waals surface area contributed by atoms with Crippen LogP contribution in [0.2, 0.25) is 10.0 Å². The zero-order chi connectivity index (χ0) is 23.6. The maximum Gasteiger partial charge on any atom is 0.416 e. The first-order chi connectivity index (χ1) is 15.0. The lowest BCUT2D eigenvalue weighted by atomic mass is 10.1. The van der Waals surface area contributed by atoms with Crippen LogP contribution >= 0.6 is 23.2 Å². The van der Waals surface area contributed by atoms with E-state index in [0.29, 0.717) is 11.0 Å². The number of methoxy groups -OCH3 is 1. The third-order valence-corrected chi connectivity index (χ3v) is 5.16. The summed E-state index contributed by atoms with van der Waals surface area (Å²) in [5.74, 6) is -2.50. The van der Waals surface area contributed by atoms with Crippen LogP contribution in [0, 0.1) is 0 Å². The molecule has 0 fully saturated rings. The van der Waals surface area contributed by atoms with Gasteiger partial charge in [0.1, 0.15) is 18.9 Å². The Balaban J connectivity index is 1.80. The Morgan fingerprint density at radius 1 is 1.03 bits per heavy atom. The van der Waals surface area contributed by atoms with Crippen molar-refractivity contribution in [2.75, 3.05) is 32.2 Å². The van der Waals surface area contributed by atoms with E-state index in [1.54, 1.807) is 0 Å². The molecule has 32 heavy (non-hydrogen) atoms. The Hall–Kier alpha value is -2.82. The minimum Gasteiger partial charge on any atom is -0.489 e. The molecule has 3 amide bonds. The summed E-state index contributed by atoms with van der Waals surface area (Å²) in [5, 5.41) is 2.38. The van der Waals surface area contributed by atoms with Crippen LogP contribution in [0.15, 0.2) is 30.3 Å². The molecule has 0 unspecified atom stereocenters. The van der Waals surface area contributed by atoms with Crippen molar-refractivity contribution in [2.24, 2.45) is 0 Å². The Bertz CT molecular complexity index is 1050. The molecule has 3 rings (SSSR count). The van der Waals surface area contributed by atoms with Crippen LogP contribution in [0.1, 0.15) is 26.3 Å². The van der Waals surface area contributed by atoms with Gasteiger partial charge in [-0.2, -0.15) is 13.2 Å². The molecule has 0 radical (unpaired) electrons. The van der Waals surface area contributed by atoms with E-state index in [0.717, 1.165) is 12.1 Å². The fourth-order valence-corrected chi connectivity index (χ4v) is 3.25. The molecule has 1 N–H and O–H groups in total. The van der Waals surface area contributed by atoms with Crippen LogP contribution in [0.3, 0.4) is 0 Å². The third-order valence-electron chi connectivity index (χ3n) is 4.44. The quantitative estimate of drug-likeness (QED) is 0.462. The Labute approximate surface area is 190 Å². The van der Waals surface area contributed by atoms with Crippen molar-refractivity contribution in [3.05, 3.63) is 57.1 Å². The van der Waals surface area contributed by atoms with E-state index in [1.165, 1.54) is 19.2 Å². The lowest BCUT2D eigenvalue weighted by Crippen LogP contribution is -2.37. The van der Waals surface area contributed by atoms with Gasteiger partial charge in [-0.1, -0.05) is 23.2 Å². The van der Waals surface area contributed by atoms with Gasteiger partial charge < -0.3 is 14.8 Å². The van der Waals surface area contributed by atoms with Gasteiger partial charge in [-0.05, 0) is 30.3 Å². The number of amides is 3. The smallest absolute Gasteiger partial charge is 0.416 e. The zero-order valence-corrected chi connectivity index (χ0v) is 17.9. The lowest BCUT2D eigenvalue weighted by Gasteiger charge is -2.17. The number of nitrogens with zero attached hydrogens (tertiary/aromatic N) is 1. The highest BCUT2D eigenvalue weighted by Crippen LogP contribution is 2.35. The number of ether oxygens (including phenoxy) is 2. The maximum atomic E-state index is 13.1. The highest BCUT2D eigenvalue weighted by atomic mass is 35.5. The van der Waals surface area contributed by atoms with Crippen molar-refractivity contribution < 1.29 is 37.0 Å². The molecule has 0 bridgehead atoms. The van der Waals surface area contributed by atoms with Crippen LogP contribution in [-0.2, 0) is 15.7 Å². The molecule has 1 aliphatic heterocycles. The standard InChI is InChI=1S/C20H15Cl2F3N2O5/c1-31-4-5-32-16-3-2-10(20(23,24)25)6-15(16)26-17(28)9-27-18(29)11-7-13(21)14(22)8-12(11)19(27)30/h2-3,6-8H,4-5,9H2,1H3,(H,26,28). The Morgan fingerprint density at radius 2 is 1.62 bits per heavy atom. The van der Waals surface area contributed by atoms with Gasteiger partial charge in [0.2, 0.25) is 5.91 Å². The number of carbonyl (C=O) groups is 3. The summed E-state index contributed by atoms with van der Waals surface area (Å²) in [6.07, 6.45) is -4.66. The minimum atomic E-state index is -4.66. The molecule has 12 heteroatoms. The van der Waals surface area contributed by atoms with Gasteiger partial charge in [-0.15, -0.1) is 0 Å². The molecular weight excluding hydrogens is 476 g/mol. The molecule has 7 nitrogen and oxygen atoms in total. The predicted molar refractivity (Wildman–Crippen MR) is 109 cm³/mol.